The van der Waals surface area contributed by atoms with E-state index in [9.17, 15) is 18.0 Å². The summed E-state index contributed by atoms with van der Waals surface area (Å²) < 4.78 is 45.3. The monoisotopic (exact) mass is 357 g/mol. The van der Waals surface area contributed by atoms with Gasteiger partial charge in [-0.3, -0.25) is 4.79 Å². The van der Waals surface area contributed by atoms with Crippen LogP contribution in [0.2, 0.25) is 0 Å². The Kier molecular flexibility index (Phi) is 5.61. The number of hydrogen-bond donors (Lipinski definition) is 1. The highest BCUT2D eigenvalue weighted by Gasteiger charge is 2.31. The van der Waals surface area contributed by atoms with E-state index < -0.39 is 12.3 Å². The van der Waals surface area contributed by atoms with Gasteiger partial charge in [0.2, 0.25) is 0 Å². The molecule has 128 valence electrons. The Morgan fingerprint density at radius 3 is 2.33 bits per heavy atom. The van der Waals surface area contributed by atoms with Gasteiger partial charge in [0, 0.05) is 10.6 Å². The molecular weight excluding hydrogens is 343 g/mol. The van der Waals surface area contributed by atoms with Crippen molar-refractivity contribution >= 4 is 23.4 Å². The molecule has 2 aromatic rings. The number of nitrogens with one attached hydrogen (secondary N) is 1. The highest BCUT2D eigenvalue weighted by molar-refractivity contribution is 7.98. The summed E-state index contributed by atoms with van der Waals surface area (Å²) in [5.74, 6) is -0.372. The minimum atomic E-state index is -4.75. The number of methoxy groups -OCH3 is 1. The number of rotatable bonds is 5. The third-order valence-electron chi connectivity index (χ3n) is 3.00. The minimum Gasteiger partial charge on any atom is -0.496 e. The van der Waals surface area contributed by atoms with Crippen molar-refractivity contribution in [2.24, 2.45) is 0 Å². The van der Waals surface area contributed by atoms with Crippen LogP contribution in [0.5, 0.6) is 11.5 Å². The molecule has 1 amide bonds. The number of thioether (sulfide) groups is 1. The third-order valence-corrected chi connectivity index (χ3v) is 3.72. The molecule has 0 aliphatic rings. The van der Waals surface area contributed by atoms with Gasteiger partial charge in [0.05, 0.1) is 12.7 Å². The van der Waals surface area contributed by atoms with Crippen molar-refractivity contribution in [2.45, 2.75) is 11.3 Å². The number of alkyl halides is 3. The van der Waals surface area contributed by atoms with E-state index in [-0.39, 0.29) is 5.75 Å². The van der Waals surface area contributed by atoms with Crippen LogP contribution >= 0.6 is 11.8 Å². The Hall–Kier alpha value is -2.35. The lowest BCUT2D eigenvalue weighted by Crippen LogP contribution is -2.17. The molecule has 24 heavy (non-hydrogen) atoms. The largest absolute Gasteiger partial charge is 0.573 e. The van der Waals surface area contributed by atoms with E-state index in [1.807, 2.05) is 6.26 Å². The second-order valence-electron chi connectivity index (χ2n) is 4.59. The van der Waals surface area contributed by atoms with Crippen LogP contribution in [0.1, 0.15) is 10.4 Å². The molecule has 0 aromatic heterocycles. The van der Waals surface area contributed by atoms with E-state index in [2.05, 4.69) is 10.1 Å². The van der Waals surface area contributed by atoms with Crippen molar-refractivity contribution in [2.75, 3.05) is 18.7 Å². The number of halogens is 3. The zero-order valence-corrected chi connectivity index (χ0v) is 13.6. The lowest BCUT2D eigenvalue weighted by molar-refractivity contribution is -0.274. The molecule has 0 saturated heterocycles. The maximum Gasteiger partial charge on any atom is 0.573 e. The first-order chi connectivity index (χ1) is 11.3. The Balaban J connectivity index is 2.12. The lowest BCUT2D eigenvalue weighted by atomic mass is 10.2. The summed E-state index contributed by atoms with van der Waals surface area (Å²) in [6.07, 6.45) is -2.85. The Morgan fingerprint density at radius 2 is 1.79 bits per heavy atom. The van der Waals surface area contributed by atoms with Crippen LogP contribution in [0.4, 0.5) is 18.9 Å². The van der Waals surface area contributed by atoms with E-state index in [1.54, 1.807) is 18.2 Å². The number of carbonyl (C=O) groups is 1. The maximum atomic E-state index is 12.3. The van der Waals surface area contributed by atoms with Crippen LogP contribution in [0.15, 0.2) is 47.4 Å². The highest BCUT2D eigenvalue weighted by Crippen LogP contribution is 2.27. The molecule has 2 aromatic carbocycles. The number of anilines is 1. The standard InChI is InChI=1S/C16H14F3NO3S/c1-22-14-9-12(24-2)7-8-13(14)15(21)20-10-3-5-11(6-4-10)23-16(17,18)19/h3-9H,1-2H3,(H,20,21). The van der Waals surface area contributed by atoms with Crippen LogP contribution in [0.25, 0.3) is 0 Å². The predicted octanol–water partition coefficient (Wildman–Crippen LogP) is 4.57. The van der Waals surface area contributed by atoms with Crippen LogP contribution in [-0.2, 0) is 0 Å². The SMILES string of the molecule is COc1cc(SC)ccc1C(=O)Nc1ccc(OC(F)(F)F)cc1. The zero-order chi connectivity index (χ0) is 17.7. The molecule has 0 aliphatic heterocycles. The molecule has 0 bridgehead atoms. The molecule has 0 aliphatic carbocycles. The van der Waals surface area contributed by atoms with Crippen LogP contribution in [-0.4, -0.2) is 25.6 Å². The van der Waals surface area contributed by atoms with E-state index in [4.69, 9.17) is 4.74 Å². The second kappa shape index (κ2) is 7.48. The van der Waals surface area contributed by atoms with E-state index in [1.165, 1.54) is 31.0 Å². The Labute approximate surface area is 141 Å². The van der Waals surface area contributed by atoms with Gasteiger partial charge in [0.15, 0.2) is 0 Å². The molecule has 0 saturated carbocycles. The van der Waals surface area contributed by atoms with Crippen molar-refractivity contribution in [1.29, 1.82) is 0 Å². The topological polar surface area (TPSA) is 47.6 Å². The average Bonchev–Trinajstić information content (AvgIpc) is 2.54. The molecule has 0 unspecified atom stereocenters. The molecule has 0 fully saturated rings. The molecule has 1 N–H and O–H groups in total. The number of amides is 1. The number of ether oxygens (including phenoxy) is 2. The summed E-state index contributed by atoms with van der Waals surface area (Å²) in [5.41, 5.74) is 0.663. The first kappa shape index (κ1) is 18.0. The van der Waals surface area contributed by atoms with Crippen molar-refractivity contribution < 1.29 is 27.4 Å². The average molecular weight is 357 g/mol. The van der Waals surface area contributed by atoms with Gasteiger partial charge in [-0.05, 0) is 48.7 Å². The van der Waals surface area contributed by atoms with E-state index in [0.29, 0.717) is 17.0 Å². The van der Waals surface area contributed by atoms with Gasteiger partial charge in [-0.2, -0.15) is 0 Å². The Morgan fingerprint density at radius 1 is 1.12 bits per heavy atom. The van der Waals surface area contributed by atoms with Gasteiger partial charge in [0.1, 0.15) is 11.5 Å². The molecule has 0 radical (unpaired) electrons. The van der Waals surface area contributed by atoms with Crippen LogP contribution < -0.4 is 14.8 Å². The van der Waals surface area contributed by atoms with E-state index >= 15 is 0 Å². The Bertz CT molecular complexity index is 717. The van der Waals surface area contributed by atoms with Gasteiger partial charge < -0.3 is 14.8 Å². The first-order valence-corrected chi connectivity index (χ1v) is 7.94. The number of hydrogen-bond acceptors (Lipinski definition) is 4. The van der Waals surface area contributed by atoms with Crippen molar-refractivity contribution in [3.05, 3.63) is 48.0 Å². The van der Waals surface area contributed by atoms with Crippen LogP contribution in [0.3, 0.4) is 0 Å². The predicted molar refractivity (Wildman–Crippen MR) is 85.9 cm³/mol. The van der Waals surface area contributed by atoms with Crippen molar-refractivity contribution in [1.82, 2.24) is 0 Å². The van der Waals surface area contributed by atoms with Gasteiger partial charge >= 0.3 is 6.36 Å². The zero-order valence-electron chi connectivity index (χ0n) is 12.8. The lowest BCUT2D eigenvalue weighted by Gasteiger charge is -2.12. The minimum absolute atomic E-state index is 0.325. The fraction of sp³-hybridized carbons (Fsp3) is 0.188. The molecule has 0 atom stereocenters. The number of benzene rings is 2. The van der Waals surface area contributed by atoms with Gasteiger partial charge in [-0.25, -0.2) is 0 Å². The molecular formula is C16H14F3NO3S. The third kappa shape index (κ3) is 4.82. The smallest absolute Gasteiger partial charge is 0.496 e. The normalized spacial score (nSPS) is 11.0. The number of carbonyl (C=O) groups excluding carboxylic acids is 1. The maximum absolute atomic E-state index is 12.3. The second-order valence-corrected chi connectivity index (χ2v) is 5.47. The summed E-state index contributed by atoms with van der Waals surface area (Å²) in [4.78, 5) is 13.2. The van der Waals surface area contributed by atoms with Crippen LogP contribution in [0, 0.1) is 0 Å². The summed E-state index contributed by atoms with van der Waals surface area (Å²) in [5, 5.41) is 2.60. The fourth-order valence-electron chi connectivity index (χ4n) is 1.92. The van der Waals surface area contributed by atoms with E-state index in [0.717, 1.165) is 17.0 Å². The van der Waals surface area contributed by atoms with Gasteiger partial charge in [-0.15, -0.1) is 24.9 Å². The van der Waals surface area contributed by atoms with Crippen molar-refractivity contribution in [3.63, 3.8) is 0 Å². The molecule has 0 spiro atoms. The van der Waals surface area contributed by atoms with Gasteiger partial charge in [0.25, 0.3) is 5.91 Å². The molecule has 0 heterocycles. The fourth-order valence-corrected chi connectivity index (χ4v) is 2.35. The molecule has 4 nitrogen and oxygen atoms in total. The van der Waals surface area contributed by atoms with Gasteiger partial charge in [-0.1, -0.05) is 0 Å². The quantitative estimate of drug-likeness (QED) is 0.797. The highest BCUT2D eigenvalue weighted by atomic mass is 32.2. The summed E-state index contributed by atoms with van der Waals surface area (Å²) in [6, 6.07) is 10.0. The summed E-state index contributed by atoms with van der Waals surface area (Å²) >= 11 is 1.51. The summed E-state index contributed by atoms with van der Waals surface area (Å²) in [6.45, 7) is 0. The summed E-state index contributed by atoms with van der Waals surface area (Å²) in [7, 11) is 1.46. The van der Waals surface area contributed by atoms with Crippen molar-refractivity contribution in [3.8, 4) is 11.5 Å². The molecule has 8 heteroatoms. The molecule has 2 rings (SSSR count). The first-order valence-electron chi connectivity index (χ1n) is 6.71.